The SMILES string of the molecule is CC(C)CCBr.CC(C)CCN1CCC(=O)CC1.Cl.O=C1CCNCC1.O=CO[O-].[H-].[HH].[K+].[K+]. The normalized spacial score (nSPS) is 15.1. The predicted molar refractivity (Wildman–Crippen MR) is 128 cm³/mol. The largest absolute Gasteiger partial charge is 1.00 e. The zero-order valence-corrected chi connectivity index (χ0v) is 29.6. The molecule has 0 amide bonds. The van der Waals surface area contributed by atoms with Gasteiger partial charge < -0.3 is 21.8 Å². The molecule has 32 heavy (non-hydrogen) atoms. The number of hydrogen-bond acceptors (Lipinski definition) is 7. The van der Waals surface area contributed by atoms with Crippen molar-refractivity contribution in [2.45, 2.75) is 66.2 Å². The topological polar surface area (TPSA) is 98.8 Å². The maximum atomic E-state index is 10.9. The number of hydrogen-bond donors (Lipinski definition) is 1. The van der Waals surface area contributed by atoms with Crippen LogP contribution in [0.25, 0.3) is 0 Å². The molecule has 0 aromatic carbocycles. The summed E-state index contributed by atoms with van der Waals surface area (Å²) in [7, 11) is 0. The van der Waals surface area contributed by atoms with Crippen molar-refractivity contribution in [3.8, 4) is 0 Å². The fraction of sp³-hybridized carbons (Fsp3) is 0.857. The Bertz CT molecular complexity index is 430. The maximum Gasteiger partial charge on any atom is 1.00 e. The van der Waals surface area contributed by atoms with Crippen LogP contribution in [0.4, 0.5) is 0 Å². The van der Waals surface area contributed by atoms with E-state index in [1.54, 1.807) is 0 Å². The number of nitrogens with one attached hydrogen (secondary N) is 1. The second-order valence-electron chi connectivity index (χ2n) is 7.92. The average Bonchev–Trinajstić information content (AvgIpc) is 2.69. The maximum absolute atomic E-state index is 10.9. The Morgan fingerprint density at radius 1 is 1.03 bits per heavy atom. The molecule has 2 saturated heterocycles. The fourth-order valence-corrected chi connectivity index (χ4v) is 3.31. The Morgan fingerprint density at radius 3 is 1.69 bits per heavy atom. The van der Waals surface area contributed by atoms with Gasteiger partial charge in [0.15, 0.2) is 0 Å². The average molecular weight is 598 g/mol. The van der Waals surface area contributed by atoms with Crippen LogP contribution in [-0.2, 0) is 19.3 Å². The Labute approximate surface area is 298 Å². The first-order chi connectivity index (χ1) is 13.8. The number of carbonyl (C=O) groups is 3. The Balaban J connectivity index is -0.0000000585. The van der Waals surface area contributed by atoms with E-state index in [2.05, 4.69) is 58.7 Å². The van der Waals surface area contributed by atoms with Crippen LogP contribution in [0.15, 0.2) is 0 Å². The molecule has 184 valence electrons. The quantitative estimate of drug-likeness (QED) is 0.117. The van der Waals surface area contributed by atoms with E-state index >= 15 is 0 Å². The summed E-state index contributed by atoms with van der Waals surface area (Å²) in [5, 5.41) is 12.7. The van der Waals surface area contributed by atoms with E-state index in [1.165, 1.54) is 19.4 Å². The van der Waals surface area contributed by atoms with E-state index in [0.29, 0.717) is 11.6 Å². The number of carbonyl (C=O) groups excluding carboxylic acids is 3. The first-order valence-electron chi connectivity index (χ1n) is 10.5. The van der Waals surface area contributed by atoms with Gasteiger partial charge in [0.1, 0.15) is 11.6 Å². The van der Waals surface area contributed by atoms with Crippen LogP contribution in [0.2, 0.25) is 0 Å². The number of halogens is 2. The molecule has 0 saturated carbocycles. The van der Waals surface area contributed by atoms with E-state index in [4.69, 9.17) is 10.1 Å². The number of likely N-dealkylation sites (tertiary alicyclic amines) is 1. The molecule has 1 N–H and O–H groups in total. The minimum atomic E-state index is -0.181. The van der Waals surface area contributed by atoms with E-state index in [-0.39, 0.29) is 125 Å². The zero-order chi connectivity index (χ0) is 22.5. The van der Waals surface area contributed by atoms with Crippen molar-refractivity contribution in [3.63, 3.8) is 0 Å². The van der Waals surface area contributed by atoms with Crippen LogP contribution >= 0.6 is 28.3 Å². The summed E-state index contributed by atoms with van der Waals surface area (Å²) in [6.45, 7) is 13.7. The van der Waals surface area contributed by atoms with Gasteiger partial charge in [0.25, 0.3) is 6.47 Å². The number of piperidine rings is 2. The summed E-state index contributed by atoms with van der Waals surface area (Å²) < 4.78 is 0. The Hall–Kier alpha value is 2.73. The van der Waals surface area contributed by atoms with Gasteiger partial charge in [0, 0.05) is 58.6 Å². The van der Waals surface area contributed by atoms with Gasteiger partial charge in [-0.05, 0) is 31.2 Å². The van der Waals surface area contributed by atoms with Crippen molar-refractivity contribution >= 4 is 46.4 Å². The molecule has 0 aliphatic carbocycles. The third kappa shape index (κ3) is 37.3. The van der Waals surface area contributed by atoms with Gasteiger partial charge in [0.05, 0.1) is 0 Å². The number of nitrogens with zero attached hydrogens (tertiary/aromatic N) is 1. The second kappa shape index (κ2) is 33.7. The van der Waals surface area contributed by atoms with Crippen molar-refractivity contribution in [2.24, 2.45) is 11.8 Å². The van der Waals surface area contributed by atoms with Crippen molar-refractivity contribution in [1.29, 1.82) is 0 Å². The molecule has 11 heteroatoms. The molecule has 2 fully saturated rings. The van der Waals surface area contributed by atoms with Gasteiger partial charge >= 0.3 is 103 Å². The summed E-state index contributed by atoms with van der Waals surface area (Å²) >= 11 is 3.35. The van der Waals surface area contributed by atoms with Crippen LogP contribution in [-0.4, -0.2) is 61.0 Å². The van der Waals surface area contributed by atoms with Gasteiger partial charge in [-0.1, -0.05) is 43.6 Å². The minimum Gasteiger partial charge on any atom is -1.00 e. The molecule has 0 aromatic heterocycles. The van der Waals surface area contributed by atoms with Crippen LogP contribution in [0.5, 0.6) is 0 Å². The van der Waals surface area contributed by atoms with Crippen LogP contribution in [0.1, 0.15) is 69.1 Å². The summed E-state index contributed by atoms with van der Waals surface area (Å²) in [5.41, 5.74) is 0. The molecule has 0 unspecified atom stereocenters. The third-order valence-electron chi connectivity index (χ3n) is 4.32. The number of rotatable bonds is 6. The molecule has 0 radical (unpaired) electrons. The fourth-order valence-electron chi connectivity index (χ4n) is 2.39. The molecule has 0 atom stereocenters. The molecule has 0 spiro atoms. The van der Waals surface area contributed by atoms with Crippen LogP contribution in [0, 0.1) is 11.8 Å². The minimum absolute atomic E-state index is 0. The van der Waals surface area contributed by atoms with E-state index < -0.39 is 0 Å². The Morgan fingerprint density at radius 2 is 1.44 bits per heavy atom. The number of Topliss-reactive ketones (excluding diaryl/α,β-unsaturated/α-hetero) is 2. The first kappa shape index (κ1) is 44.7. The van der Waals surface area contributed by atoms with Gasteiger partial charge in [-0.3, -0.25) is 14.4 Å². The smallest absolute Gasteiger partial charge is 1.00 e. The molecule has 2 rings (SSSR count). The van der Waals surface area contributed by atoms with Crippen molar-refractivity contribution in [3.05, 3.63) is 0 Å². The van der Waals surface area contributed by atoms with Crippen molar-refractivity contribution in [1.82, 2.24) is 10.2 Å². The standard InChI is InChI=1S/C10H19NO.C5H11Br.C5H9NO.CH2O3.ClH.2K.H2.H/c1-9(2)3-6-11-7-4-10(12)5-8-11;1-5(2)3-4-6;7-5-1-3-6-4-2-5;2-1-4-3;;;;;/h9H,3-8H2,1-2H3;5H,3-4H2,1-2H3;6H,1-4H2;1,3H;1H;;;1H;/q;;;;;2*+1;;-1/p-1. The van der Waals surface area contributed by atoms with Gasteiger partial charge in [-0.25, -0.2) is 0 Å². The van der Waals surface area contributed by atoms with E-state index in [9.17, 15) is 9.59 Å². The molecule has 0 aromatic rings. The number of ketones is 2. The monoisotopic (exact) mass is 596 g/mol. The predicted octanol–water partition coefficient (Wildman–Crippen LogP) is -2.71. The molecule has 0 bridgehead atoms. The summed E-state index contributed by atoms with van der Waals surface area (Å²) in [4.78, 5) is 35.0. The van der Waals surface area contributed by atoms with Crippen molar-refractivity contribution in [2.75, 3.05) is 38.1 Å². The van der Waals surface area contributed by atoms with Gasteiger partial charge in [0.2, 0.25) is 0 Å². The van der Waals surface area contributed by atoms with E-state index in [0.717, 1.165) is 69.0 Å². The summed E-state index contributed by atoms with van der Waals surface area (Å²) in [5.74, 6) is 2.47. The molecule has 7 nitrogen and oxygen atoms in total. The van der Waals surface area contributed by atoms with Crippen LogP contribution < -0.4 is 113 Å². The van der Waals surface area contributed by atoms with Crippen LogP contribution in [0.3, 0.4) is 0 Å². The molecule has 2 heterocycles. The number of alkyl halides is 1. The summed E-state index contributed by atoms with van der Waals surface area (Å²) in [6, 6.07) is 0. The zero-order valence-electron chi connectivity index (χ0n) is 22.0. The summed E-state index contributed by atoms with van der Waals surface area (Å²) in [6.07, 6.45) is 5.57. The van der Waals surface area contributed by atoms with Gasteiger partial charge in [-0.15, -0.1) is 12.4 Å². The van der Waals surface area contributed by atoms with E-state index in [1.807, 2.05) is 0 Å². The second-order valence-corrected chi connectivity index (χ2v) is 8.71. The molecule has 2 aliphatic rings. The molecule has 2 aliphatic heterocycles. The molecular formula is C21H44BrClK2N2O5. The third-order valence-corrected chi connectivity index (χ3v) is 4.78. The van der Waals surface area contributed by atoms with Crippen molar-refractivity contribution < 1.29 is 130 Å². The first-order valence-corrected chi connectivity index (χ1v) is 11.6. The molecular weight excluding hydrogens is 554 g/mol. The Kier molecular flexibility index (Phi) is 47.1. The van der Waals surface area contributed by atoms with Gasteiger partial charge in [-0.2, -0.15) is 0 Å².